The minimum absolute atomic E-state index is 1.00. The molecule has 0 aliphatic carbocycles. The van der Waals surface area contributed by atoms with E-state index in [0.717, 1.165) is 7.11 Å². The molecule has 0 heterocycles. The molecule has 0 radical (unpaired) electrons. The largest absolute Gasteiger partial charge is 0.762 e. The highest BCUT2D eigenvalue weighted by molar-refractivity contribution is 6.33. The van der Waals surface area contributed by atoms with Crippen molar-refractivity contribution in [2.45, 2.75) is 39.5 Å². The second-order valence-electron chi connectivity index (χ2n) is 1.95. The van der Waals surface area contributed by atoms with E-state index in [2.05, 4.69) is 13.8 Å². The Hall–Kier alpha value is -0.185. The Morgan fingerprint density at radius 1 is 0.917 bits per heavy atom. The van der Waals surface area contributed by atoms with E-state index >= 15 is 0 Å². The Balaban J connectivity index is -0.000000118. The monoisotopic (exact) mass is 186 g/mol. The fourth-order valence-corrected chi connectivity index (χ4v) is 0.500. The summed E-state index contributed by atoms with van der Waals surface area (Å²) in [6.07, 6.45) is 5.54. The van der Waals surface area contributed by atoms with Crippen molar-refractivity contribution in [1.29, 1.82) is 0 Å². The third kappa shape index (κ3) is 96.2. The van der Waals surface area contributed by atoms with Crippen molar-refractivity contribution in [2.75, 3.05) is 7.11 Å². The quantitative estimate of drug-likeness (QED) is 0.530. The van der Waals surface area contributed by atoms with Crippen LogP contribution in [0.1, 0.15) is 39.5 Å². The number of aliphatic hydroxyl groups excluding tert-OH is 1. The zero-order valence-corrected chi connectivity index (χ0v) is 7.99. The normalized spacial score (nSPS) is 7.25. The average molecular weight is 186 g/mol. The van der Waals surface area contributed by atoms with Gasteiger partial charge in [-0.15, -0.1) is 0 Å². The highest BCUT2D eigenvalue weighted by Crippen LogP contribution is 1.95. The van der Waals surface area contributed by atoms with Crippen LogP contribution in [0.3, 0.4) is 0 Å². The van der Waals surface area contributed by atoms with Gasteiger partial charge in [-0.05, 0) is 0 Å². The molecule has 76 valence electrons. The van der Waals surface area contributed by atoms with Gasteiger partial charge in [-0.2, -0.15) is 0 Å². The second kappa shape index (κ2) is 22.4. The minimum Gasteiger partial charge on any atom is -0.400 e. The fraction of sp³-hybridized carbons (Fsp3) is 1.00. The van der Waals surface area contributed by atoms with Crippen molar-refractivity contribution in [2.24, 2.45) is 0 Å². The molecule has 0 fully saturated rings. The van der Waals surface area contributed by atoms with Crippen molar-refractivity contribution >= 4 is 7.54 Å². The Bertz CT molecular complexity index is 49.2. The molecule has 0 unspecified atom stereocenters. The molecule has 0 atom stereocenters. The van der Waals surface area contributed by atoms with Crippen LogP contribution in [-0.2, 0) is 0 Å². The highest BCUT2D eigenvalue weighted by Gasteiger charge is 2.06. The van der Waals surface area contributed by atoms with Gasteiger partial charge in [-0.25, -0.2) is 0 Å². The van der Waals surface area contributed by atoms with Crippen LogP contribution in [0.15, 0.2) is 0 Å². The Morgan fingerprint density at radius 2 is 1.08 bits per heavy atom. The van der Waals surface area contributed by atoms with Gasteiger partial charge in [0.2, 0.25) is 0 Å². The number of rotatable bonds is 3. The standard InChI is InChI=1S/C6H14.CH4O.BF3/c1-3-5-6-4-2;1-2;2-1(3)4/h3-6H2,1-2H3;2H,1H3;. The molecular formula is C7H18BF3O. The maximum absolute atomic E-state index is 9.67. The summed E-state index contributed by atoms with van der Waals surface area (Å²) in [5.41, 5.74) is 0. The van der Waals surface area contributed by atoms with Gasteiger partial charge in [-0.3, -0.25) is 12.9 Å². The lowest BCUT2D eigenvalue weighted by atomic mass is 10.2. The molecule has 5 heteroatoms. The molecule has 0 amide bonds. The van der Waals surface area contributed by atoms with Crippen molar-refractivity contribution in [1.82, 2.24) is 0 Å². The van der Waals surface area contributed by atoms with Gasteiger partial charge in [0.25, 0.3) is 0 Å². The van der Waals surface area contributed by atoms with Gasteiger partial charge in [0.15, 0.2) is 0 Å². The van der Waals surface area contributed by atoms with Gasteiger partial charge in [0.05, 0.1) is 0 Å². The highest BCUT2D eigenvalue weighted by atomic mass is 19.4. The predicted molar refractivity (Wildman–Crippen MR) is 47.0 cm³/mol. The van der Waals surface area contributed by atoms with Crippen LogP contribution in [0.5, 0.6) is 0 Å². The van der Waals surface area contributed by atoms with Crippen LogP contribution in [-0.4, -0.2) is 19.8 Å². The van der Waals surface area contributed by atoms with E-state index in [0.29, 0.717) is 0 Å². The van der Waals surface area contributed by atoms with E-state index in [1.54, 1.807) is 0 Å². The van der Waals surface area contributed by atoms with E-state index in [4.69, 9.17) is 5.11 Å². The lowest BCUT2D eigenvalue weighted by Gasteiger charge is -1.86. The van der Waals surface area contributed by atoms with Crippen LogP contribution in [0.25, 0.3) is 0 Å². The molecule has 0 aliphatic heterocycles. The summed E-state index contributed by atoms with van der Waals surface area (Å²) in [4.78, 5) is 0. The number of hydrogen-bond donors (Lipinski definition) is 1. The fourth-order valence-electron chi connectivity index (χ4n) is 0.500. The molecular weight excluding hydrogens is 168 g/mol. The van der Waals surface area contributed by atoms with Crippen LogP contribution < -0.4 is 0 Å². The van der Waals surface area contributed by atoms with Crippen LogP contribution in [0.4, 0.5) is 12.9 Å². The lowest BCUT2D eigenvalue weighted by Crippen LogP contribution is -1.76. The van der Waals surface area contributed by atoms with Gasteiger partial charge < -0.3 is 5.11 Å². The van der Waals surface area contributed by atoms with Crippen LogP contribution in [0, 0.1) is 0 Å². The summed E-state index contributed by atoms with van der Waals surface area (Å²) < 4.78 is 29.0. The molecule has 1 nitrogen and oxygen atoms in total. The van der Waals surface area contributed by atoms with Crippen molar-refractivity contribution in [3.63, 3.8) is 0 Å². The van der Waals surface area contributed by atoms with E-state index in [-0.39, 0.29) is 0 Å². The van der Waals surface area contributed by atoms with E-state index in [1.165, 1.54) is 25.7 Å². The van der Waals surface area contributed by atoms with Gasteiger partial charge in [0, 0.05) is 7.11 Å². The third-order valence-electron chi connectivity index (χ3n) is 0.957. The number of aliphatic hydroxyl groups is 1. The van der Waals surface area contributed by atoms with Crippen LogP contribution in [0.2, 0.25) is 0 Å². The van der Waals surface area contributed by atoms with Crippen LogP contribution >= 0.6 is 0 Å². The first-order chi connectivity index (χ1) is 5.65. The maximum Gasteiger partial charge on any atom is 0.762 e. The Kier molecular flexibility index (Phi) is 33.2. The van der Waals surface area contributed by atoms with Gasteiger partial charge >= 0.3 is 7.54 Å². The second-order valence-corrected chi connectivity index (χ2v) is 1.95. The molecule has 0 aromatic rings. The van der Waals surface area contributed by atoms with E-state index < -0.39 is 7.54 Å². The van der Waals surface area contributed by atoms with Gasteiger partial charge in [-0.1, -0.05) is 39.5 Å². The minimum atomic E-state index is -3.67. The number of hydrogen-bond acceptors (Lipinski definition) is 1. The van der Waals surface area contributed by atoms with Crippen molar-refractivity contribution < 1.29 is 18.1 Å². The average Bonchev–Trinajstić information content (AvgIpc) is 2.04. The molecule has 0 aliphatic rings. The lowest BCUT2D eigenvalue weighted by molar-refractivity contribution is 0.399. The first-order valence-corrected chi connectivity index (χ1v) is 4.02. The Labute approximate surface area is 73.2 Å². The zero-order valence-electron chi connectivity index (χ0n) is 7.99. The molecule has 0 spiro atoms. The first-order valence-electron chi connectivity index (χ1n) is 4.02. The molecule has 12 heavy (non-hydrogen) atoms. The molecule has 0 saturated heterocycles. The topological polar surface area (TPSA) is 20.2 Å². The van der Waals surface area contributed by atoms with E-state index in [9.17, 15) is 12.9 Å². The molecule has 0 bridgehead atoms. The number of unbranched alkanes of at least 4 members (excludes halogenated alkanes) is 3. The third-order valence-corrected chi connectivity index (χ3v) is 0.957. The van der Waals surface area contributed by atoms with Crippen molar-refractivity contribution in [3.8, 4) is 0 Å². The molecule has 0 rings (SSSR count). The Morgan fingerprint density at radius 3 is 1.17 bits per heavy atom. The molecule has 0 aromatic heterocycles. The number of halogens is 3. The SMILES string of the molecule is CCCCCC.CO.FB(F)F. The summed E-state index contributed by atoms with van der Waals surface area (Å²) in [5, 5.41) is 7.00. The smallest absolute Gasteiger partial charge is 0.400 e. The maximum atomic E-state index is 9.67. The summed E-state index contributed by atoms with van der Waals surface area (Å²) in [6.45, 7) is 4.46. The zero-order chi connectivity index (χ0) is 10.4. The first kappa shape index (κ1) is 17.8. The predicted octanol–water partition coefficient (Wildman–Crippen LogP) is 3.07. The summed E-state index contributed by atoms with van der Waals surface area (Å²) in [5.74, 6) is 0. The molecule has 0 aromatic carbocycles. The molecule has 1 N–H and O–H groups in total. The van der Waals surface area contributed by atoms with E-state index in [1.807, 2.05) is 0 Å². The summed E-state index contributed by atoms with van der Waals surface area (Å²) in [6, 6.07) is 0. The van der Waals surface area contributed by atoms with Crippen molar-refractivity contribution in [3.05, 3.63) is 0 Å². The molecule has 0 saturated carbocycles. The summed E-state index contributed by atoms with van der Waals surface area (Å²) >= 11 is 0. The van der Waals surface area contributed by atoms with Gasteiger partial charge in [0.1, 0.15) is 0 Å². The summed E-state index contributed by atoms with van der Waals surface area (Å²) in [7, 11) is -2.67.